The lowest BCUT2D eigenvalue weighted by Gasteiger charge is -2.17. The van der Waals surface area contributed by atoms with Crippen LogP contribution >= 0.6 is 11.6 Å². The van der Waals surface area contributed by atoms with E-state index in [9.17, 15) is 14.3 Å². The Hall–Kier alpha value is -1.91. The van der Waals surface area contributed by atoms with Gasteiger partial charge in [-0.1, -0.05) is 17.7 Å². The van der Waals surface area contributed by atoms with Crippen molar-refractivity contribution in [2.45, 2.75) is 19.4 Å². The minimum Gasteiger partial charge on any atom is -0.384 e. The number of aliphatic hydroxyl groups excluding tert-OH is 1. The Balaban J connectivity index is 2.06. The maximum Gasteiger partial charge on any atom is 0.228 e. The molecule has 108 valence electrons. The van der Waals surface area contributed by atoms with Gasteiger partial charge >= 0.3 is 0 Å². The third-order valence-electron chi connectivity index (χ3n) is 3.68. The summed E-state index contributed by atoms with van der Waals surface area (Å²) in [5.74, 6) is -0.515. The fraction of sp³-hybridized carbons (Fsp3) is 0.188. The molecule has 3 nitrogen and oxygen atoms in total. The van der Waals surface area contributed by atoms with E-state index >= 15 is 0 Å². The Labute approximate surface area is 126 Å². The van der Waals surface area contributed by atoms with E-state index in [2.05, 4.69) is 5.32 Å². The third kappa shape index (κ3) is 2.52. The molecule has 0 aromatic heterocycles. The van der Waals surface area contributed by atoms with Crippen molar-refractivity contribution in [3.8, 4) is 0 Å². The van der Waals surface area contributed by atoms with Crippen LogP contribution in [0.1, 0.15) is 28.4 Å². The van der Waals surface area contributed by atoms with E-state index in [4.69, 9.17) is 11.6 Å². The molecule has 0 saturated carbocycles. The third-order valence-corrected chi connectivity index (χ3v) is 4.01. The molecule has 3 rings (SSSR count). The van der Waals surface area contributed by atoms with Gasteiger partial charge in [0.2, 0.25) is 5.91 Å². The van der Waals surface area contributed by atoms with Crippen LogP contribution in [0.5, 0.6) is 0 Å². The molecule has 5 heteroatoms. The van der Waals surface area contributed by atoms with E-state index in [1.807, 2.05) is 0 Å². The second kappa shape index (κ2) is 5.13. The first-order chi connectivity index (χ1) is 9.95. The number of carbonyl (C=O) groups is 1. The lowest BCUT2D eigenvalue weighted by Crippen LogP contribution is -2.04. The topological polar surface area (TPSA) is 49.3 Å². The van der Waals surface area contributed by atoms with Crippen molar-refractivity contribution in [3.63, 3.8) is 0 Å². The molecule has 0 spiro atoms. The van der Waals surface area contributed by atoms with Crippen molar-refractivity contribution in [1.29, 1.82) is 0 Å². The van der Waals surface area contributed by atoms with Crippen LogP contribution in [0.3, 0.4) is 0 Å². The minimum absolute atomic E-state index is 0.102. The molecule has 2 aromatic carbocycles. The second-order valence-electron chi connectivity index (χ2n) is 5.16. The molecule has 1 aliphatic heterocycles. The maximum atomic E-state index is 13.4. The summed E-state index contributed by atoms with van der Waals surface area (Å²) in [7, 11) is 0. The van der Waals surface area contributed by atoms with Crippen LogP contribution in [0.15, 0.2) is 30.3 Å². The highest BCUT2D eigenvalue weighted by atomic mass is 35.5. The van der Waals surface area contributed by atoms with Crippen molar-refractivity contribution in [2.75, 3.05) is 5.32 Å². The number of fused-ring (bicyclic) bond motifs is 1. The summed E-state index contributed by atoms with van der Waals surface area (Å²) in [4.78, 5) is 11.4. The lowest BCUT2D eigenvalue weighted by atomic mass is 9.95. The van der Waals surface area contributed by atoms with E-state index in [0.717, 1.165) is 11.1 Å². The molecule has 1 amide bonds. The second-order valence-corrected chi connectivity index (χ2v) is 5.57. The van der Waals surface area contributed by atoms with E-state index in [-0.39, 0.29) is 12.3 Å². The van der Waals surface area contributed by atoms with Crippen molar-refractivity contribution < 1.29 is 14.3 Å². The number of anilines is 1. The zero-order valence-electron chi connectivity index (χ0n) is 11.3. The molecule has 1 atom stereocenters. The number of rotatable bonds is 2. The predicted molar refractivity (Wildman–Crippen MR) is 79.0 cm³/mol. The number of aliphatic hydroxyl groups is 1. The molecular weight excluding hydrogens is 293 g/mol. The van der Waals surface area contributed by atoms with Gasteiger partial charge in [-0.3, -0.25) is 4.79 Å². The molecular formula is C16H13ClFNO2. The number of aryl methyl sites for hydroxylation is 1. The fourth-order valence-corrected chi connectivity index (χ4v) is 2.82. The van der Waals surface area contributed by atoms with Gasteiger partial charge in [-0.2, -0.15) is 0 Å². The summed E-state index contributed by atoms with van der Waals surface area (Å²) >= 11 is 6.19. The molecule has 2 aromatic rings. The predicted octanol–water partition coefficient (Wildman–Crippen LogP) is 3.36. The van der Waals surface area contributed by atoms with Gasteiger partial charge in [0.25, 0.3) is 0 Å². The highest BCUT2D eigenvalue weighted by Crippen LogP contribution is 2.36. The van der Waals surface area contributed by atoms with Crippen molar-refractivity contribution >= 4 is 23.2 Å². The highest BCUT2D eigenvalue weighted by molar-refractivity contribution is 6.32. The molecule has 21 heavy (non-hydrogen) atoms. The van der Waals surface area contributed by atoms with Crippen LogP contribution in [0, 0.1) is 12.7 Å². The van der Waals surface area contributed by atoms with E-state index < -0.39 is 11.9 Å². The zero-order valence-corrected chi connectivity index (χ0v) is 12.0. The summed E-state index contributed by atoms with van der Waals surface area (Å²) in [5.41, 5.74) is 3.16. The minimum atomic E-state index is -1.03. The van der Waals surface area contributed by atoms with E-state index in [1.165, 1.54) is 12.1 Å². The smallest absolute Gasteiger partial charge is 0.228 e. The Morgan fingerprint density at radius 3 is 2.81 bits per heavy atom. The van der Waals surface area contributed by atoms with Gasteiger partial charge in [-0.25, -0.2) is 4.39 Å². The quantitative estimate of drug-likeness (QED) is 0.894. The molecule has 1 heterocycles. The first-order valence-electron chi connectivity index (χ1n) is 6.52. The average molecular weight is 306 g/mol. The number of hydrogen-bond donors (Lipinski definition) is 2. The Kier molecular flexibility index (Phi) is 3.43. The van der Waals surface area contributed by atoms with Gasteiger partial charge < -0.3 is 10.4 Å². The first-order valence-corrected chi connectivity index (χ1v) is 6.90. The largest absolute Gasteiger partial charge is 0.384 e. The van der Waals surface area contributed by atoms with Crippen LogP contribution in [0.2, 0.25) is 5.02 Å². The Bertz CT molecular complexity index is 745. The number of hydrogen-bond acceptors (Lipinski definition) is 2. The number of carbonyl (C=O) groups excluding carboxylic acids is 1. The lowest BCUT2D eigenvalue weighted by molar-refractivity contribution is -0.115. The van der Waals surface area contributed by atoms with Crippen molar-refractivity contribution in [1.82, 2.24) is 0 Å². The summed E-state index contributed by atoms with van der Waals surface area (Å²) < 4.78 is 13.4. The average Bonchev–Trinajstić information content (AvgIpc) is 2.79. The molecule has 0 radical (unpaired) electrons. The SMILES string of the molecule is Cc1ccc(F)cc1C(O)c1cc2c(cc1Cl)NC(=O)C2. The van der Waals surface area contributed by atoms with Crippen molar-refractivity contribution in [3.05, 3.63) is 63.4 Å². The molecule has 1 unspecified atom stereocenters. The van der Waals surface area contributed by atoms with Gasteiger partial charge in [0.05, 0.1) is 6.42 Å². The summed E-state index contributed by atoms with van der Waals surface area (Å²) in [6, 6.07) is 7.57. The molecule has 1 aliphatic rings. The number of halogens is 2. The molecule has 0 aliphatic carbocycles. The van der Waals surface area contributed by atoms with Gasteiger partial charge in [0.1, 0.15) is 11.9 Å². The van der Waals surface area contributed by atoms with Crippen LogP contribution in [-0.2, 0) is 11.2 Å². The van der Waals surface area contributed by atoms with Crippen LogP contribution in [0.4, 0.5) is 10.1 Å². The summed E-state index contributed by atoms with van der Waals surface area (Å²) in [6.45, 7) is 1.80. The zero-order chi connectivity index (χ0) is 15.1. The van der Waals surface area contributed by atoms with Crippen molar-refractivity contribution in [2.24, 2.45) is 0 Å². The molecule has 2 N–H and O–H groups in total. The summed E-state index contributed by atoms with van der Waals surface area (Å²) in [6.07, 6.45) is -0.775. The number of amides is 1. The van der Waals surface area contributed by atoms with E-state index in [0.29, 0.717) is 21.8 Å². The summed E-state index contributed by atoms with van der Waals surface area (Å²) in [5, 5.41) is 13.6. The van der Waals surface area contributed by atoms with Gasteiger partial charge in [0, 0.05) is 16.3 Å². The highest BCUT2D eigenvalue weighted by Gasteiger charge is 2.23. The van der Waals surface area contributed by atoms with Gasteiger partial charge in [-0.15, -0.1) is 0 Å². The van der Waals surface area contributed by atoms with Gasteiger partial charge in [0.15, 0.2) is 0 Å². The van der Waals surface area contributed by atoms with E-state index in [1.54, 1.807) is 25.1 Å². The Morgan fingerprint density at radius 1 is 1.29 bits per heavy atom. The fourth-order valence-electron chi connectivity index (χ4n) is 2.55. The van der Waals surface area contributed by atoms with Crippen LogP contribution in [-0.4, -0.2) is 11.0 Å². The molecule has 0 saturated heterocycles. The van der Waals surface area contributed by atoms with Crippen LogP contribution in [0.25, 0.3) is 0 Å². The Morgan fingerprint density at radius 2 is 2.05 bits per heavy atom. The first kappa shape index (κ1) is 14.0. The number of benzene rings is 2. The maximum absolute atomic E-state index is 13.4. The molecule has 0 bridgehead atoms. The number of nitrogens with one attached hydrogen (secondary N) is 1. The van der Waals surface area contributed by atoms with Crippen LogP contribution < -0.4 is 5.32 Å². The monoisotopic (exact) mass is 305 g/mol. The normalized spacial score (nSPS) is 14.8. The standard InChI is InChI=1S/C16H13ClFNO2/c1-8-2-3-10(18)6-11(8)16(21)12-4-9-5-15(20)19-14(9)7-13(12)17/h2-4,6-7,16,21H,5H2,1H3,(H,19,20). The molecule has 0 fully saturated rings. The van der Waals surface area contributed by atoms with Gasteiger partial charge in [-0.05, 0) is 47.9 Å².